The number of amides is 1. The molecule has 9 nitrogen and oxygen atoms in total. The maximum Gasteiger partial charge on any atom is 0.408 e. The summed E-state index contributed by atoms with van der Waals surface area (Å²) in [5, 5.41) is 12.3. The van der Waals surface area contributed by atoms with E-state index in [1.807, 2.05) is 26.8 Å². The zero-order valence-electron chi connectivity index (χ0n) is 19.5. The molecule has 0 bridgehead atoms. The molecule has 0 radical (unpaired) electrons. The number of nitriles is 1. The second-order valence-electron chi connectivity index (χ2n) is 10.3. The molecular formula is C24H29N7O2. The van der Waals surface area contributed by atoms with Gasteiger partial charge in [0.15, 0.2) is 0 Å². The first-order chi connectivity index (χ1) is 15.7. The van der Waals surface area contributed by atoms with Gasteiger partial charge in [-0.05, 0) is 52.7 Å². The molecule has 1 saturated carbocycles. The molecule has 9 heteroatoms. The van der Waals surface area contributed by atoms with Gasteiger partial charge in [-0.3, -0.25) is 0 Å². The number of fused-ring (bicyclic) bond motifs is 2. The molecule has 1 spiro atoms. The molecule has 2 aromatic rings. The Bertz CT molecular complexity index is 1130. The fourth-order valence-electron chi connectivity index (χ4n) is 5.07. The van der Waals surface area contributed by atoms with Crippen LogP contribution in [0.25, 0.3) is 0 Å². The number of nitrogens with zero attached hydrogens (tertiary/aromatic N) is 6. The van der Waals surface area contributed by atoms with Crippen LogP contribution in [0.3, 0.4) is 0 Å². The van der Waals surface area contributed by atoms with Gasteiger partial charge in [0.2, 0.25) is 0 Å². The van der Waals surface area contributed by atoms with Gasteiger partial charge in [0.05, 0.1) is 17.7 Å². The minimum atomic E-state index is -0.527. The molecule has 0 aromatic carbocycles. The third-order valence-electron chi connectivity index (χ3n) is 6.96. The Kier molecular flexibility index (Phi) is 4.92. The molecule has 2 fully saturated rings. The number of aromatic nitrogens is 3. The van der Waals surface area contributed by atoms with Gasteiger partial charge in [0.1, 0.15) is 29.4 Å². The highest BCUT2D eigenvalue weighted by atomic mass is 16.6. The molecule has 1 amide bonds. The number of alkyl carbamates (subject to hydrolysis) is 1. The normalized spacial score (nSPS) is 22.8. The largest absolute Gasteiger partial charge is 0.444 e. The van der Waals surface area contributed by atoms with Crippen molar-refractivity contribution in [2.24, 2.45) is 0 Å². The van der Waals surface area contributed by atoms with E-state index >= 15 is 0 Å². The Morgan fingerprint density at radius 3 is 2.67 bits per heavy atom. The smallest absolute Gasteiger partial charge is 0.408 e. The first-order valence-corrected chi connectivity index (χ1v) is 11.5. The summed E-state index contributed by atoms with van der Waals surface area (Å²) in [6.07, 6.45) is 6.22. The molecule has 5 rings (SSSR count). The quantitative estimate of drug-likeness (QED) is 0.763. The number of rotatable bonds is 3. The topological polar surface area (TPSA) is 107 Å². The van der Waals surface area contributed by atoms with Crippen LogP contribution in [0.4, 0.5) is 22.2 Å². The summed E-state index contributed by atoms with van der Waals surface area (Å²) in [5.74, 6) is 2.55. The van der Waals surface area contributed by atoms with Crippen LogP contribution in [-0.4, -0.2) is 51.8 Å². The van der Waals surface area contributed by atoms with Gasteiger partial charge in [-0.15, -0.1) is 0 Å². The van der Waals surface area contributed by atoms with E-state index in [9.17, 15) is 10.1 Å². The number of ether oxygens (including phenoxy) is 1. The highest BCUT2D eigenvalue weighted by molar-refractivity contribution is 5.76. The molecule has 172 valence electrons. The van der Waals surface area contributed by atoms with Crippen molar-refractivity contribution in [3.05, 3.63) is 35.8 Å². The SMILES string of the molecule is C[C@H]1[C@@H](NC(=O)OC(C)(C)C)CN1c1ncnc2c1C1(CCC1)CN2c1cc(C#N)ccn1. The van der Waals surface area contributed by atoms with Crippen molar-refractivity contribution in [1.82, 2.24) is 20.3 Å². The van der Waals surface area contributed by atoms with Gasteiger partial charge < -0.3 is 19.9 Å². The average Bonchev–Trinajstić information content (AvgIpc) is 3.11. The Morgan fingerprint density at radius 1 is 1.27 bits per heavy atom. The van der Waals surface area contributed by atoms with Crippen molar-refractivity contribution < 1.29 is 9.53 Å². The van der Waals surface area contributed by atoms with Crippen molar-refractivity contribution in [2.45, 2.75) is 70.1 Å². The summed E-state index contributed by atoms with van der Waals surface area (Å²) >= 11 is 0. The lowest BCUT2D eigenvalue weighted by Crippen LogP contribution is -2.66. The predicted molar refractivity (Wildman–Crippen MR) is 123 cm³/mol. The van der Waals surface area contributed by atoms with Crippen LogP contribution >= 0.6 is 0 Å². The van der Waals surface area contributed by atoms with E-state index in [4.69, 9.17) is 9.72 Å². The minimum absolute atomic E-state index is 0.000342. The Labute approximate surface area is 193 Å². The third-order valence-corrected chi connectivity index (χ3v) is 6.96. The van der Waals surface area contributed by atoms with E-state index in [2.05, 4.69) is 38.1 Å². The van der Waals surface area contributed by atoms with Gasteiger partial charge in [0.25, 0.3) is 0 Å². The number of nitrogens with one attached hydrogen (secondary N) is 1. The molecule has 4 heterocycles. The van der Waals surface area contributed by atoms with Crippen LogP contribution in [0.1, 0.15) is 58.1 Å². The second-order valence-corrected chi connectivity index (χ2v) is 10.3. The summed E-state index contributed by atoms with van der Waals surface area (Å²) < 4.78 is 5.42. The molecule has 1 aliphatic carbocycles. The van der Waals surface area contributed by atoms with Crippen LogP contribution < -0.4 is 15.1 Å². The summed E-state index contributed by atoms with van der Waals surface area (Å²) in [6.45, 7) is 9.13. The van der Waals surface area contributed by atoms with E-state index in [-0.39, 0.29) is 17.5 Å². The Hall–Kier alpha value is -3.41. The first kappa shape index (κ1) is 21.4. The zero-order chi connectivity index (χ0) is 23.4. The predicted octanol–water partition coefficient (Wildman–Crippen LogP) is 3.42. The highest BCUT2D eigenvalue weighted by Crippen LogP contribution is 2.56. The summed E-state index contributed by atoms with van der Waals surface area (Å²) in [5.41, 5.74) is 1.22. The maximum absolute atomic E-state index is 12.2. The van der Waals surface area contributed by atoms with Crippen molar-refractivity contribution in [3.8, 4) is 6.07 Å². The van der Waals surface area contributed by atoms with Crippen LogP contribution in [-0.2, 0) is 10.2 Å². The molecule has 2 aliphatic heterocycles. The average molecular weight is 448 g/mol. The minimum Gasteiger partial charge on any atom is -0.444 e. The van der Waals surface area contributed by atoms with Gasteiger partial charge in [-0.2, -0.15) is 5.26 Å². The number of hydrogen-bond acceptors (Lipinski definition) is 8. The van der Waals surface area contributed by atoms with Crippen LogP contribution in [0.15, 0.2) is 24.7 Å². The lowest BCUT2D eigenvalue weighted by Gasteiger charge is -2.49. The number of pyridine rings is 1. The van der Waals surface area contributed by atoms with Crippen molar-refractivity contribution in [1.29, 1.82) is 5.26 Å². The number of carbonyl (C=O) groups excluding carboxylic acids is 1. The van der Waals surface area contributed by atoms with Crippen LogP contribution in [0.2, 0.25) is 0 Å². The Morgan fingerprint density at radius 2 is 2.03 bits per heavy atom. The van der Waals surface area contributed by atoms with Gasteiger partial charge in [-0.1, -0.05) is 6.42 Å². The molecule has 1 saturated heterocycles. The summed E-state index contributed by atoms with van der Waals surface area (Å²) in [6, 6.07) is 5.81. The van der Waals surface area contributed by atoms with Crippen LogP contribution in [0.5, 0.6) is 0 Å². The van der Waals surface area contributed by atoms with Gasteiger partial charge in [0, 0.05) is 36.3 Å². The molecule has 2 aromatic heterocycles. The molecular weight excluding hydrogens is 418 g/mol. The summed E-state index contributed by atoms with van der Waals surface area (Å²) in [4.78, 5) is 30.5. The van der Waals surface area contributed by atoms with Gasteiger partial charge >= 0.3 is 6.09 Å². The molecule has 1 N–H and O–H groups in total. The standard InChI is InChI=1S/C24H29N7O2/c1-15-17(29-22(32)33-23(2,3)4)12-30(15)20-19-21(28-14-27-20)31(13-24(19)7-5-8-24)18-10-16(11-25)6-9-26-18/h6,9-10,14-15,17H,5,7-8,12-13H2,1-4H3,(H,29,32)/t15-,17-/m0/s1. The van der Waals surface area contributed by atoms with E-state index in [1.165, 1.54) is 12.0 Å². The highest BCUT2D eigenvalue weighted by Gasteiger charge is 2.52. The Balaban J connectivity index is 1.42. The summed E-state index contributed by atoms with van der Waals surface area (Å²) in [7, 11) is 0. The van der Waals surface area contributed by atoms with Crippen molar-refractivity contribution in [2.75, 3.05) is 22.9 Å². The van der Waals surface area contributed by atoms with Crippen LogP contribution in [0, 0.1) is 11.3 Å². The maximum atomic E-state index is 12.2. The van der Waals surface area contributed by atoms with E-state index in [0.717, 1.165) is 36.8 Å². The number of anilines is 3. The second kappa shape index (κ2) is 7.58. The van der Waals surface area contributed by atoms with E-state index in [0.29, 0.717) is 12.1 Å². The van der Waals surface area contributed by atoms with E-state index < -0.39 is 11.7 Å². The van der Waals surface area contributed by atoms with E-state index in [1.54, 1.807) is 18.6 Å². The van der Waals surface area contributed by atoms with Crippen molar-refractivity contribution in [3.63, 3.8) is 0 Å². The lowest BCUT2D eigenvalue weighted by atomic mass is 9.65. The molecule has 2 atom stereocenters. The first-order valence-electron chi connectivity index (χ1n) is 11.5. The fourth-order valence-corrected chi connectivity index (χ4v) is 5.07. The lowest BCUT2D eigenvalue weighted by molar-refractivity contribution is 0.0481. The number of carbonyl (C=O) groups is 1. The fraction of sp³-hybridized carbons (Fsp3) is 0.542. The van der Waals surface area contributed by atoms with Gasteiger partial charge in [-0.25, -0.2) is 19.7 Å². The van der Waals surface area contributed by atoms with Crippen molar-refractivity contribution >= 4 is 23.5 Å². The monoisotopic (exact) mass is 447 g/mol. The molecule has 33 heavy (non-hydrogen) atoms. The zero-order valence-corrected chi connectivity index (χ0v) is 19.5. The third kappa shape index (κ3) is 3.63. The molecule has 0 unspecified atom stereocenters. The number of hydrogen-bond donors (Lipinski definition) is 1. The molecule has 3 aliphatic rings.